The summed E-state index contributed by atoms with van der Waals surface area (Å²) in [6.07, 6.45) is 6.89. The molecule has 1 heterocycles. The van der Waals surface area contributed by atoms with E-state index in [4.69, 9.17) is 5.73 Å². The minimum absolute atomic E-state index is 0.339. The molecular formula is C11H19N3. The Morgan fingerprint density at radius 1 is 1.50 bits per heavy atom. The highest BCUT2D eigenvalue weighted by Crippen LogP contribution is 2.31. The maximum atomic E-state index is 6.15. The van der Waals surface area contributed by atoms with Crippen LogP contribution in [0.1, 0.15) is 44.2 Å². The molecule has 0 aliphatic heterocycles. The minimum Gasteiger partial charge on any atom is -0.327 e. The standard InChI is InChI=1S/C11H19N3/c1-2-14-11(7-8-13-14)9-5-3-4-6-10(9)12/h7-10H,2-6,12H2,1H3. The van der Waals surface area contributed by atoms with Gasteiger partial charge in [0.1, 0.15) is 0 Å². The molecule has 2 N–H and O–H groups in total. The van der Waals surface area contributed by atoms with Crippen LogP contribution in [0.3, 0.4) is 0 Å². The highest BCUT2D eigenvalue weighted by atomic mass is 15.3. The van der Waals surface area contributed by atoms with E-state index in [0.29, 0.717) is 12.0 Å². The van der Waals surface area contributed by atoms with Gasteiger partial charge in [-0.1, -0.05) is 12.8 Å². The topological polar surface area (TPSA) is 43.8 Å². The van der Waals surface area contributed by atoms with Crippen molar-refractivity contribution >= 4 is 0 Å². The summed E-state index contributed by atoms with van der Waals surface area (Å²) in [5.41, 5.74) is 7.49. The summed E-state index contributed by atoms with van der Waals surface area (Å²) in [5, 5.41) is 4.31. The first kappa shape index (κ1) is 9.71. The van der Waals surface area contributed by atoms with E-state index in [1.807, 2.05) is 6.20 Å². The highest BCUT2D eigenvalue weighted by molar-refractivity contribution is 5.11. The predicted molar refractivity (Wildman–Crippen MR) is 57.1 cm³/mol. The smallest absolute Gasteiger partial charge is 0.0492 e. The zero-order valence-electron chi connectivity index (χ0n) is 8.82. The van der Waals surface area contributed by atoms with E-state index in [2.05, 4.69) is 22.8 Å². The van der Waals surface area contributed by atoms with Crippen LogP contribution in [0.15, 0.2) is 12.3 Å². The summed E-state index contributed by atoms with van der Waals surface area (Å²) < 4.78 is 2.08. The lowest BCUT2D eigenvalue weighted by Crippen LogP contribution is -2.32. The summed E-state index contributed by atoms with van der Waals surface area (Å²) in [6, 6.07) is 2.46. The van der Waals surface area contributed by atoms with E-state index in [0.717, 1.165) is 6.54 Å². The lowest BCUT2D eigenvalue weighted by atomic mass is 9.83. The molecule has 0 aromatic carbocycles. The molecule has 0 amide bonds. The molecule has 78 valence electrons. The average Bonchev–Trinajstić information content (AvgIpc) is 2.66. The van der Waals surface area contributed by atoms with Gasteiger partial charge in [0.05, 0.1) is 0 Å². The van der Waals surface area contributed by atoms with E-state index in [9.17, 15) is 0 Å². The molecule has 2 unspecified atom stereocenters. The van der Waals surface area contributed by atoms with E-state index >= 15 is 0 Å². The summed E-state index contributed by atoms with van der Waals surface area (Å²) in [4.78, 5) is 0. The van der Waals surface area contributed by atoms with Crippen LogP contribution in [0.5, 0.6) is 0 Å². The molecule has 2 atom stereocenters. The van der Waals surface area contributed by atoms with Crippen LogP contribution >= 0.6 is 0 Å². The highest BCUT2D eigenvalue weighted by Gasteiger charge is 2.25. The summed E-state index contributed by atoms with van der Waals surface area (Å²) in [6.45, 7) is 3.08. The average molecular weight is 193 g/mol. The molecule has 1 saturated carbocycles. The maximum absolute atomic E-state index is 6.15. The van der Waals surface area contributed by atoms with E-state index < -0.39 is 0 Å². The Kier molecular flexibility index (Phi) is 2.87. The molecule has 1 aliphatic rings. The molecule has 1 fully saturated rings. The predicted octanol–water partition coefficient (Wildman–Crippen LogP) is 1.89. The van der Waals surface area contributed by atoms with Crippen LogP contribution < -0.4 is 5.73 Å². The van der Waals surface area contributed by atoms with Crippen LogP contribution in [0.4, 0.5) is 0 Å². The lowest BCUT2D eigenvalue weighted by Gasteiger charge is -2.28. The minimum atomic E-state index is 0.339. The molecule has 0 saturated heterocycles. The largest absolute Gasteiger partial charge is 0.327 e. The van der Waals surface area contributed by atoms with Gasteiger partial charge in [0.25, 0.3) is 0 Å². The zero-order valence-corrected chi connectivity index (χ0v) is 8.82. The Balaban J connectivity index is 2.20. The normalized spacial score (nSPS) is 27.9. The molecule has 3 heteroatoms. The van der Waals surface area contributed by atoms with Crippen LogP contribution in [-0.4, -0.2) is 15.8 Å². The lowest BCUT2D eigenvalue weighted by molar-refractivity contribution is 0.366. The number of nitrogens with two attached hydrogens (primary N) is 1. The fourth-order valence-electron chi connectivity index (χ4n) is 2.45. The molecule has 0 spiro atoms. The third kappa shape index (κ3) is 1.69. The molecule has 1 aromatic heterocycles. The van der Waals surface area contributed by atoms with Crippen molar-refractivity contribution in [1.82, 2.24) is 9.78 Å². The van der Waals surface area contributed by atoms with E-state index in [-0.39, 0.29) is 0 Å². The second kappa shape index (κ2) is 4.13. The Bertz CT molecular complexity index is 292. The number of nitrogens with zero attached hydrogens (tertiary/aromatic N) is 2. The van der Waals surface area contributed by atoms with Crippen molar-refractivity contribution in [1.29, 1.82) is 0 Å². The number of hydrogen-bond donors (Lipinski definition) is 1. The van der Waals surface area contributed by atoms with Crippen molar-refractivity contribution in [3.63, 3.8) is 0 Å². The SMILES string of the molecule is CCn1nccc1C1CCCCC1N. The molecule has 14 heavy (non-hydrogen) atoms. The van der Waals surface area contributed by atoms with Crippen molar-refractivity contribution in [3.05, 3.63) is 18.0 Å². The molecule has 0 radical (unpaired) electrons. The Hall–Kier alpha value is -0.830. The van der Waals surface area contributed by atoms with Crippen molar-refractivity contribution in [2.75, 3.05) is 0 Å². The fourth-order valence-corrected chi connectivity index (χ4v) is 2.45. The van der Waals surface area contributed by atoms with Gasteiger partial charge < -0.3 is 5.73 Å². The number of aromatic nitrogens is 2. The molecule has 2 rings (SSSR count). The van der Waals surface area contributed by atoms with Crippen molar-refractivity contribution < 1.29 is 0 Å². The monoisotopic (exact) mass is 193 g/mol. The van der Waals surface area contributed by atoms with Gasteiger partial charge in [0, 0.05) is 30.4 Å². The van der Waals surface area contributed by atoms with Gasteiger partial charge in [-0.2, -0.15) is 5.10 Å². The van der Waals surface area contributed by atoms with Crippen LogP contribution in [0.2, 0.25) is 0 Å². The van der Waals surface area contributed by atoms with Crippen LogP contribution in [0.25, 0.3) is 0 Å². The zero-order chi connectivity index (χ0) is 9.97. The molecule has 1 aliphatic carbocycles. The van der Waals surface area contributed by atoms with Gasteiger partial charge in [0.2, 0.25) is 0 Å². The van der Waals surface area contributed by atoms with Gasteiger partial charge in [-0.15, -0.1) is 0 Å². The second-order valence-electron chi connectivity index (χ2n) is 4.13. The molecule has 3 nitrogen and oxygen atoms in total. The van der Waals surface area contributed by atoms with Crippen molar-refractivity contribution in [2.45, 2.75) is 51.1 Å². The number of aryl methyl sites for hydroxylation is 1. The first-order valence-corrected chi connectivity index (χ1v) is 5.60. The summed E-state index contributed by atoms with van der Waals surface area (Å²) in [7, 11) is 0. The maximum Gasteiger partial charge on any atom is 0.0492 e. The molecule has 0 bridgehead atoms. The first-order chi connectivity index (χ1) is 6.83. The van der Waals surface area contributed by atoms with Crippen molar-refractivity contribution in [3.8, 4) is 0 Å². The Labute approximate surface area is 85.3 Å². The van der Waals surface area contributed by atoms with Gasteiger partial charge >= 0.3 is 0 Å². The fraction of sp³-hybridized carbons (Fsp3) is 0.727. The van der Waals surface area contributed by atoms with Crippen LogP contribution in [0, 0.1) is 0 Å². The molecular weight excluding hydrogens is 174 g/mol. The van der Waals surface area contributed by atoms with E-state index in [1.54, 1.807) is 0 Å². The Morgan fingerprint density at radius 3 is 3.00 bits per heavy atom. The van der Waals surface area contributed by atoms with Gasteiger partial charge in [-0.3, -0.25) is 4.68 Å². The number of rotatable bonds is 2. The third-order valence-electron chi connectivity index (χ3n) is 3.25. The summed E-state index contributed by atoms with van der Waals surface area (Å²) >= 11 is 0. The second-order valence-corrected chi connectivity index (χ2v) is 4.13. The van der Waals surface area contributed by atoms with Crippen LogP contribution in [-0.2, 0) is 6.54 Å². The molecule has 1 aromatic rings. The van der Waals surface area contributed by atoms with Gasteiger partial charge in [-0.05, 0) is 25.8 Å². The van der Waals surface area contributed by atoms with Gasteiger partial charge in [-0.25, -0.2) is 0 Å². The van der Waals surface area contributed by atoms with E-state index in [1.165, 1.54) is 31.4 Å². The van der Waals surface area contributed by atoms with Gasteiger partial charge in [0.15, 0.2) is 0 Å². The Morgan fingerprint density at radius 2 is 2.29 bits per heavy atom. The van der Waals surface area contributed by atoms with Crippen molar-refractivity contribution in [2.24, 2.45) is 5.73 Å². The third-order valence-corrected chi connectivity index (χ3v) is 3.25. The summed E-state index contributed by atoms with van der Waals surface area (Å²) in [5.74, 6) is 0.534. The first-order valence-electron chi connectivity index (χ1n) is 5.60. The number of hydrogen-bond acceptors (Lipinski definition) is 2. The quantitative estimate of drug-likeness (QED) is 0.779.